The second-order valence-corrected chi connectivity index (χ2v) is 9.32. The third kappa shape index (κ3) is 5.67. The van der Waals surface area contributed by atoms with E-state index in [1.807, 2.05) is 30.9 Å². The summed E-state index contributed by atoms with van der Waals surface area (Å²) in [5.41, 5.74) is 2.29. The Kier molecular flexibility index (Phi) is 6.73. The number of ether oxygens (including phenoxy) is 1. The summed E-state index contributed by atoms with van der Waals surface area (Å²) in [4.78, 5) is 14.3. The van der Waals surface area contributed by atoms with Crippen LogP contribution in [0.15, 0.2) is 28.6 Å². The molecule has 1 aromatic heterocycles. The van der Waals surface area contributed by atoms with E-state index in [1.165, 1.54) is 28.7 Å². The summed E-state index contributed by atoms with van der Waals surface area (Å²) in [5, 5.41) is 12.4. The van der Waals surface area contributed by atoms with Crippen LogP contribution in [0.3, 0.4) is 0 Å². The van der Waals surface area contributed by atoms with Crippen LogP contribution < -0.4 is 5.32 Å². The molecule has 0 saturated carbocycles. The second-order valence-electron chi connectivity index (χ2n) is 7.12. The van der Waals surface area contributed by atoms with Crippen LogP contribution in [0.25, 0.3) is 0 Å². The molecule has 1 saturated heterocycles. The molecule has 146 valence electrons. The molecule has 1 fully saturated rings. The van der Waals surface area contributed by atoms with Gasteiger partial charge in [-0.15, -0.1) is 10.2 Å². The number of morpholine rings is 1. The molecule has 2 atom stereocenters. The van der Waals surface area contributed by atoms with Crippen molar-refractivity contribution in [3.05, 3.63) is 29.8 Å². The van der Waals surface area contributed by atoms with Crippen molar-refractivity contribution in [1.82, 2.24) is 15.1 Å². The van der Waals surface area contributed by atoms with Crippen molar-refractivity contribution in [1.29, 1.82) is 0 Å². The maximum atomic E-state index is 12.4. The number of nitrogens with one attached hydrogen (secondary N) is 1. The fourth-order valence-electron chi connectivity index (χ4n) is 2.99. The molecule has 2 heterocycles. The highest BCUT2D eigenvalue weighted by molar-refractivity contribution is 8.01. The summed E-state index contributed by atoms with van der Waals surface area (Å²) in [7, 11) is 0. The number of hydrogen-bond acceptors (Lipinski definition) is 7. The van der Waals surface area contributed by atoms with Crippen LogP contribution in [-0.2, 0) is 9.53 Å². The zero-order valence-corrected chi connectivity index (χ0v) is 17.8. The Bertz CT molecular complexity index is 753. The van der Waals surface area contributed by atoms with Gasteiger partial charge in [0.1, 0.15) is 0 Å². The van der Waals surface area contributed by atoms with E-state index >= 15 is 0 Å². The molecule has 0 unspecified atom stereocenters. The van der Waals surface area contributed by atoms with Crippen LogP contribution in [0.5, 0.6) is 0 Å². The Morgan fingerprint density at radius 1 is 1.26 bits per heavy atom. The number of nitrogens with zero attached hydrogens (tertiary/aromatic N) is 3. The maximum Gasteiger partial charge on any atom is 0.233 e. The van der Waals surface area contributed by atoms with Gasteiger partial charge in [0, 0.05) is 18.8 Å². The van der Waals surface area contributed by atoms with Gasteiger partial charge in [-0.25, -0.2) is 0 Å². The van der Waals surface area contributed by atoms with Gasteiger partial charge in [-0.1, -0.05) is 49.1 Å². The van der Waals surface area contributed by atoms with E-state index in [4.69, 9.17) is 4.74 Å². The lowest BCUT2D eigenvalue weighted by molar-refractivity contribution is -0.140. The predicted molar refractivity (Wildman–Crippen MR) is 111 cm³/mol. The van der Waals surface area contributed by atoms with E-state index < -0.39 is 0 Å². The lowest BCUT2D eigenvalue weighted by atomic mass is 10.0. The molecule has 3 rings (SSSR count). The molecule has 6 nitrogen and oxygen atoms in total. The summed E-state index contributed by atoms with van der Waals surface area (Å²) in [6.45, 7) is 9.66. The molecule has 1 aromatic carbocycles. The van der Waals surface area contributed by atoms with Gasteiger partial charge in [0.05, 0.1) is 18.0 Å². The fraction of sp³-hybridized carbons (Fsp3) is 0.526. The van der Waals surface area contributed by atoms with Gasteiger partial charge in [0.2, 0.25) is 11.0 Å². The Hall–Kier alpha value is -1.64. The topological polar surface area (TPSA) is 67.4 Å². The number of carbonyl (C=O) groups excluding carboxylic acids is 1. The fourth-order valence-corrected chi connectivity index (χ4v) is 4.66. The van der Waals surface area contributed by atoms with Crippen LogP contribution in [-0.4, -0.2) is 52.1 Å². The average Bonchev–Trinajstić information content (AvgIpc) is 3.06. The number of rotatable bonds is 6. The van der Waals surface area contributed by atoms with Crippen molar-refractivity contribution >= 4 is 39.8 Å². The molecule has 8 heteroatoms. The summed E-state index contributed by atoms with van der Waals surface area (Å²) < 4.78 is 6.47. The van der Waals surface area contributed by atoms with Crippen LogP contribution in [0.4, 0.5) is 10.8 Å². The first-order chi connectivity index (χ1) is 12.9. The first-order valence-electron chi connectivity index (χ1n) is 9.17. The highest BCUT2D eigenvalue weighted by atomic mass is 32.2. The van der Waals surface area contributed by atoms with Crippen molar-refractivity contribution in [2.75, 3.05) is 24.2 Å². The smallest absolute Gasteiger partial charge is 0.233 e. The first kappa shape index (κ1) is 20.1. The number of benzene rings is 1. The third-order valence-electron chi connectivity index (χ3n) is 4.33. The molecular formula is C19H26N4O2S2. The Morgan fingerprint density at radius 2 is 1.93 bits per heavy atom. The number of anilines is 2. The molecule has 1 aliphatic heterocycles. The highest BCUT2D eigenvalue weighted by Crippen LogP contribution is 2.28. The minimum atomic E-state index is 0.0853. The molecule has 0 spiro atoms. The van der Waals surface area contributed by atoms with Gasteiger partial charge in [-0.2, -0.15) is 0 Å². The van der Waals surface area contributed by atoms with Crippen LogP contribution in [0, 0.1) is 0 Å². The van der Waals surface area contributed by atoms with Gasteiger partial charge in [-0.3, -0.25) is 4.79 Å². The molecule has 0 radical (unpaired) electrons. The first-order valence-corrected chi connectivity index (χ1v) is 11.0. The largest absolute Gasteiger partial charge is 0.372 e. The van der Waals surface area contributed by atoms with Gasteiger partial charge < -0.3 is 15.0 Å². The van der Waals surface area contributed by atoms with E-state index in [2.05, 4.69) is 41.5 Å². The molecule has 0 bridgehead atoms. The second kappa shape index (κ2) is 9.03. The SMILES string of the molecule is CC(C)c1ccc(Nc2nnc(SCC(=O)N3C[C@@H](C)O[C@H](C)C3)s2)cc1. The Labute approximate surface area is 168 Å². The zero-order chi connectivity index (χ0) is 19.4. The van der Waals surface area contributed by atoms with E-state index in [9.17, 15) is 4.79 Å². The third-order valence-corrected chi connectivity index (χ3v) is 6.28. The summed E-state index contributed by atoms with van der Waals surface area (Å²) in [6.07, 6.45) is 0.171. The van der Waals surface area contributed by atoms with Gasteiger partial charge in [-0.05, 0) is 37.5 Å². The molecule has 1 aliphatic rings. The number of hydrogen-bond donors (Lipinski definition) is 1. The van der Waals surface area contributed by atoms with Crippen molar-refractivity contribution in [3.8, 4) is 0 Å². The van der Waals surface area contributed by atoms with Crippen molar-refractivity contribution in [2.24, 2.45) is 0 Å². The number of aromatic nitrogens is 2. The maximum absolute atomic E-state index is 12.4. The van der Waals surface area contributed by atoms with Gasteiger partial charge in [0.25, 0.3) is 0 Å². The van der Waals surface area contributed by atoms with E-state index in [0.29, 0.717) is 24.8 Å². The van der Waals surface area contributed by atoms with Crippen LogP contribution in [0.1, 0.15) is 39.2 Å². The van der Waals surface area contributed by atoms with Gasteiger partial charge in [0.15, 0.2) is 4.34 Å². The molecule has 1 amide bonds. The van der Waals surface area contributed by atoms with Crippen LogP contribution in [0.2, 0.25) is 0 Å². The zero-order valence-electron chi connectivity index (χ0n) is 16.1. The minimum Gasteiger partial charge on any atom is -0.372 e. The predicted octanol–water partition coefficient (Wildman–Crippen LogP) is 4.13. The Morgan fingerprint density at radius 3 is 2.56 bits per heavy atom. The summed E-state index contributed by atoms with van der Waals surface area (Å²) >= 11 is 2.90. The molecule has 2 aromatic rings. The number of thioether (sulfide) groups is 1. The van der Waals surface area contributed by atoms with Crippen molar-refractivity contribution in [2.45, 2.75) is 50.2 Å². The number of carbonyl (C=O) groups is 1. The van der Waals surface area contributed by atoms with Crippen LogP contribution >= 0.6 is 23.1 Å². The van der Waals surface area contributed by atoms with E-state index in [1.54, 1.807) is 0 Å². The Balaban J connectivity index is 1.51. The monoisotopic (exact) mass is 406 g/mol. The minimum absolute atomic E-state index is 0.0853. The van der Waals surface area contributed by atoms with Gasteiger partial charge >= 0.3 is 0 Å². The lowest BCUT2D eigenvalue weighted by Gasteiger charge is -2.35. The lowest BCUT2D eigenvalue weighted by Crippen LogP contribution is -2.48. The van der Waals surface area contributed by atoms with E-state index in [-0.39, 0.29) is 18.1 Å². The molecular weight excluding hydrogens is 380 g/mol. The molecule has 27 heavy (non-hydrogen) atoms. The standard InChI is InChI=1S/C19H26N4O2S2/c1-12(2)15-5-7-16(8-6-15)20-18-21-22-19(27-18)26-11-17(24)23-9-13(3)25-14(4)10-23/h5-8,12-14H,9-11H2,1-4H3,(H,20,21)/t13-,14-/m1/s1. The van der Waals surface area contributed by atoms with E-state index in [0.717, 1.165) is 15.2 Å². The normalized spacial score (nSPS) is 20.1. The summed E-state index contributed by atoms with van der Waals surface area (Å²) in [5.74, 6) is 1.01. The summed E-state index contributed by atoms with van der Waals surface area (Å²) in [6, 6.07) is 8.33. The van der Waals surface area contributed by atoms with Crippen molar-refractivity contribution < 1.29 is 9.53 Å². The quantitative estimate of drug-likeness (QED) is 0.728. The molecule has 1 N–H and O–H groups in total. The van der Waals surface area contributed by atoms with Crippen molar-refractivity contribution in [3.63, 3.8) is 0 Å². The highest BCUT2D eigenvalue weighted by Gasteiger charge is 2.25. The average molecular weight is 407 g/mol. The number of amides is 1. The molecule has 0 aliphatic carbocycles.